The van der Waals surface area contributed by atoms with Crippen molar-refractivity contribution in [2.45, 2.75) is 13.0 Å². The number of fused-ring (bicyclic) bond motifs is 1. The molecule has 1 aliphatic heterocycles. The lowest BCUT2D eigenvalue weighted by Crippen LogP contribution is -2.27. The molecule has 1 fully saturated rings. The van der Waals surface area contributed by atoms with E-state index in [-0.39, 0.29) is 11.5 Å². The molecule has 6 nitrogen and oxygen atoms in total. The monoisotopic (exact) mass is 326 g/mol. The summed E-state index contributed by atoms with van der Waals surface area (Å²) in [4.78, 5) is 12.2. The van der Waals surface area contributed by atoms with Crippen LogP contribution in [0.2, 0.25) is 0 Å². The van der Waals surface area contributed by atoms with Crippen molar-refractivity contribution < 1.29 is 8.42 Å². The topological polar surface area (TPSA) is 75.2 Å². The maximum Gasteiger partial charge on any atom is 0.151 e. The van der Waals surface area contributed by atoms with Crippen molar-refractivity contribution in [3.8, 4) is 0 Å². The fourth-order valence-corrected chi connectivity index (χ4v) is 4.60. The first-order valence-corrected chi connectivity index (χ1v) is 9.62. The van der Waals surface area contributed by atoms with E-state index in [9.17, 15) is 8.42 Å². The van der Waals surface area contributed by atoms with E-state index in [1.54, 1.807) is 11.3 Å². The Labute approximate surface area is 128 Å². The minimum atomic E-state index is -2.88. The number of sulfone groups is 1. The number of nitrogens with zero attached hydrogens (tertiary/aromatic N) is 3. The molecule has 0 atom stereocenters. The molecule has 0 bridgehead atoms. The van der Waals surface area contributed by atoms with E-state index in [1.807, 2.05) is 18.5 Å². The Hall–Kier alpha value is -1.25. The maximum absolute atomic E-state index is 11.6. The zero-order valence-electron chi connectivity index (χ0n) is 11.9. The van der Waals surface area contributed by atoms with Gasteiger partial charge in [-0.05, 0) is 24.4 Å². The average Bonchev–Trinajstić information content (AvgIpc) is 2.85. The Kier molecular flexibility index (Phi) is 4.10. The summed E-state index contributed by atoms with van der Waals surface area (Å²) in [6.45, 7) is 1.93. The number of hydrogen-bond acceptors (Lipinski definition) is 7. The van der Waals surface area contributed by atoms with Gasteiger partial charge < -0.3 is 5.32 Å². The fourth-order valence-electron chi connectivity index (χ4n) is 2.51. The molecular formula is C13H18N4O2S2. The predicted molar refractivity (Wildman–Crippen MR) is 85.5 cm³/mol. The molecule has 21 heavy (non-hydrogen) atoms. The van der Waals surface area contributed by atoms with Gasteiger partial charge in [0.25, 0.3) is 0 Å². The summed E-state index contributed by atoms with van der Waals surface area (Å²) in [6, 6.07) is 2.01. The maximum atomic E-state index is 11.6. The molecule has 0 saturated carbocycles. The SMILES string of the molecule is CNc1nc(CN2CCCS(=O)(=O)CC2)nc2sccc12. The third-order valence-electron chi connectivity index (χ3n) is 3.62. The summed E-state index contributed by atoms with van der Waals surface area (Å²) in [5, 5.41) is 6.13. The van der Waals surface area contributed by atoms with Crippen molar-refractivity contribution >= 4 is 37.2 Å². The van der Waals surface area contributed by atoms with Gasteiger partial charge in [-0.25, -0.2) is 18.4 Å². The number of hydrogen-bond donors (Lipinski definition) is 1. The molecule has 0 amide bonds. The molecule has 1 N–H and O–H groups in total. The van der Waals surface area contributed by atoms with Crippen LogP contribution in [-0.4, -0.2) is 54.9 Å². The molecule has 0 radical (unpaired) electrons. The largest absolute Gasteiger partial charge is 0.372 e. The van der Waals surface area contributed by atoms with Gasteiger partial charge in [-0.3, -0.25) is 4.90 Å². The normalized spacial score (nSPS) is 19.5. The van der Waals surface area contributed by atoms with E-state index < -0.39 is 9.84 Å². The first-order chi connectivity index (χ1) is 10.1. The van der Waals surface area contributed by atoms with E-state index in [0.717, 1.165) is 28.4 Å². The smallest absolute Gasteiger partial charge is 0.151 e. The van der Waals surface area contributed by atoms with Crippen molar-refractivity contribution in [1.29, 1.82) is 0 Å². The van der Waals surface area contributed by atoms with Crippen LogP contribution in [0.3, 0.4) is 0 Å². The second-order valence-electron chi connectivity index (χ2n) is 5.16. The summed E-state index contributed by atoms with van der Waals surface area (Å²) >= 11 is 1.59. The quantitative estimate of drug-likeness (QED) is 0.918. The summed E-state index contributed by atoms with van der Waals surface area (Å²) < 4.78 is 23.3. The fraction of sp³-hybridized carbons (Fsp3) is 0.538. The highest BCUT2D eigenvalue weighted by Gasteiger charge is 2.20. The van der Waals surface area contributed by atoms with Crippen molar-refractivity contribution in [3.05, 3.63) is 17.3 Å². The van der Waals surface area contributed by atoms with Crippen LogP contribution in [0.15, 0.2) is 11.4 Å². The van der Waals surface area contributed by atoms with Gasteiger partial charge in [0.2, 0.25) is 0 Å². The van der Waals surface area contributed by atoms with Gasteiger partial charge in [-0.15, -0.1) is 11.3 Å². The van der Waals surface area contributed by atoms with Crippen molar-refractivity contribution in [2.24, 2.45) is 0 Å². The lowest BCUT2D eigenvalue weighted by molar-refractivity contribution is 0.280. The Morgan fingerprint density at radius 1 is 1.33 bits per heavy atom. The number of rotatable bonds is 3. The van der Waals surface area contributed by atoms with Crippen molar-refractivity contribution in [3.63, 3.8) is 0 Å². The van der Waals surface area contributed by atoms with Gasteiger partial charge in [-0.1, -0.05) is 0 Å². The average molecular weight is 326 g/mol. The van der Waals surface area contributed by atoms with Crippen LogP contribution < -0.4 is 5.32 Å². The van der Waals surface area contributed by atoms with Crippen LogP contribution in [-0.2, 0) is 16.4 Å². The molecule has 2 aromatic rings. The number of aromatic nitrogens is 2. The highest BCUT2D eigenvalue weighted by atomic mass is 32.2. The zero-order valence-corrected chi connectivity index (χ0v) is 13.5. The standard InChI is InChI=1S/C13H18N4O2S2/c1-14-12-10-3-6-20-13(10)16-11(15-12)9-17-4-2-7-21(18,19)8-5-17/h3,6H,2,4-5,7-9H2,1H3,(H,14,15,16). The Balaban J connectivity index is 1.81. The second kappa shape index (κ2) is 5.86. The van der Waals surface area contributed by atoms with E-state index in [1.165, 1.54) is 0 Å². The first-order valence-electron chi connectivity index (χ1n) is 6.92. The van der Waals surface area contributed by atoms with E-state index in [4.69, 9.17) is 0 Å². The van der Waals surface area contributed by atoms with Crippen molar-refractivity contribution in [1.82, 2.24) is 14.9 Å². The first kappa shape index (κ1) is 14.7. The highest BCUT2D eigenvalue weighted by molar-refractivity contribution is 7.91. The number of nitrogens with one attached hydrogen (secondary N) is 1. The summed E-state index contributed by atoms with van der Waals surface area (Å²) in [6.07, 6.45) is 0.683. The molecule has 114 valence electrons. The van der Waals surface area contributed by atoms with Gasteiger partial charge in [0, 0.05) is 13.6 Å². The molecule has 8 heteroatoms. The van der Waals surface area contributed by atoms with Gasteiger partial charge in [0.05, 0.1) is 23.4 Å². The Morgan fingerprint density at radius 2 is 2.19 bits per heavy atom. The number of anilines is 1. The molecule has 2 aromatic heterocycles. The van der Waals surface area contributed by atoms with Crippen LogP contribution in [0.25, 0.3) is 10.2 Å². The van der Waals surface area contributed by atoms with Crippen LogP contribution in [0.1, 0.15) is 12.2 Å². The lowest BCUT2D eigenvalue weighted by atomic mass is 10.3. The molecule has 0 aliphatic carbocycles. The van der Waals surface area contributed by atoms with Gasteiger partial charge >= 0.3 is 0 Å². The summed E-state index contributed by atoms with van der Waals surface area (Å²) in [7, 11) is -1.03. The third kappa shape index (κ3) is 3.33. The molecule has 1 saturated heterocycles. The van der Waals surface area contributed by atoms with E-state index in [2.05, 4.69) is 20.2 Å². The lowest BCUT2D eigenvalue weighted by Gasteiger charge is -2.18. The van der Waals surface area contributed by atoms with E-state index >= 15 is 0 Å². The van der Waals surface area contributed by atoms with Crippen LogP contribution in [0.4, 0.5) is 5.82 Å². The third-order valence-corrected chi connectivity index (χ3v) is 6.14. The second-order valence-corrected chi connectivity index (χ2v) is 8.36. The van der Waals surface area contributed by atoms with Crippen molar-refractivity contribution in [2.75, 3.05) is 37.0 Å². The van der Waals surface area contributed by atoms with Crippen LogP contribution in [0, 0.1) is 0 Å². The van der Waals surface area contributed by atoms with E-state index in [0.29, 0.717) is 19.5 Å². The predicted octanol–water partition coefficient (Wildman–Crippen LogP) is 1.35. The summed E-state index contributed by atoms with van der Waals surface area (Å²) in [5.41, 5.74) is 0. The minimum absolute atomic E-state index is 0.229. The number of thiophene rings is 1. The Bertz CT molecular complexity index is 742. The van der Waals surface area contributed by atoms with Crippen LogP contribution in [0.5, 0.6) is 0 Å². The molecule has 0 unspecified atom stereocenters. The molecule has 0 spiro atoms. The van der Waals surface area contributed by atoms with Crippen LogP contribution >= 0.6 is 11.3 Å². The zero-order chi connectivity index (χ0) is 14.9. The summed E-state index contributed by atoms with van der Waals surface area (Å²) in [5.74, 6) is 2.09. The highest BCUT2D eigenvalue weighted by Crippen LogP contribution is 2.25. The minimum Gasteiger partial charge on any atom is -0.372 e. The molecule has 3 heterocycles. The molecule has 3 rings (SSSR count). The molecule has 0 aromatic carbocycles. The molecule has 1 aliphatic rings. The van der Waals surface area contributed by atoms with Gasteiger partial charge in [0.15, 0.2) is 9.84 Å². The Morgan fingerprint density at radius 3 is 3.00 bits per heavy atom. The molecular weight excluding hydrogens is 308 g/mol. The van der Waals surface area contributed by atoms with Gasteiger partial charge in [-0.2, -0.15) is 0 Å². The van der Waals surface area contributed by atoms with Gasteiger partial charge in [0.1, 0.15) is 16.5 Å².